The van der Waals surface area contributed by atoms with Crippen molar-refractivity contribution in [2.24, 2.45) is 5.18 Å². The SMILES string of the molecule is CC(=O)OC([C@H](OC(C)=O)[C@H](OC(C)=O)C(=O)O)C1(N=O)CCOCC1. The van der Waals surface area contributed by atoms with E-state index in [9.17, 15) is 29.2 Å². The molecule has 1 saturated heterocycles. The Morgan fingerprint density at radius 1 is 0.962 bits per heavy atom. The molecular formula is C15H21NO10. The van der Waals surface area contributed by atoms with Crippen LogP contribution in [-0.2, 0) is 38.1 Å². The van der Waals surface area contributed by atoms with E-state index in [-0.39, 0.29) is 26.1 Å². The number of carbonyl (C=O) groups is 4. The molecule has 1 N–H and O–H groups in total. The van der Waals surface area contributed by atoms with Crippen LogP contribution in [0.3, 0.4) is 0 Å². The van der Waals surface area contributed by atoms with Crippen molar-refractivity contribution in [3.8, 4) is 0 Å². The van der Waals surface area contributed by atoms with Crippen molar-refractivity contribution in [3.63, 3.8) is 0 Å². The molecule has 11 nitrogen and oxygen atoms in total. The van der Waals surface area contributed by atoms with Crippen LogP contribution in [0.2, 0.25) is 0 Å². The van der Waals surface area contributed by atoms with E-state index < -0.39 is 47.7 Å². The third kappa shape index (κ3) is 5.48. The monoisotopic (exact) mass is 375 g/mol. The van der Waals surface area contributed by atoms with Crippen LogP contribution in [0.25, 0.3) is 0 Å². The number of esters is 3. The maximum Gasteiger partial charge on any atom is 0.349 e. The van der Waals surface area contributed by atoms with Gasteiger partial charge in [-0.25, -0.2) is 4.79 Å². The second kappa shape index (κ2) is 9.22. The smallest absolute Gasteiger partial charge is 0.349 e. The quantitative estimate of drug-likeness (QED) is 0.353. The van der Waals surface area contributed by atoms with Crippen molar-refractivity contribution >= 4 is 23.9 Å². The van der Waals surface area contributed by atoms with Crippen molar-refractivity contribution in [3.05, 3.63) is 4.91 Å². The Morgan fingerprint density at radius 3 is 1.85 bits per heavy atom. The molecule has 26 heavy (non-hydrogen) atoms. The summed E-state index contributed by atoms with van der Waals surface area (Å²) in [6.07, 6.45) is -5.35. The zero-order valence-electron chi connectivity index (χ0n) is 14.6. The molecule has 1 rings (SSSR count). The molecule has 0 saturated carbocycles. The summed E-state index contributed by atoms with van der Waals surface area (Å²) >= 11 is 0. The van der Waals surface area contributed by atoms with Gasteiger partial charge < -0.3 is 24.1 Å². The predicted octanol–water partition coefficient (Wildman–Crippen LogP) is 0.182. The maximum absolute atomic E-state index is 11.6. The molecule has 0 aromatic carbocycles. The van der Waals surface area contributed by atoms with Gasteiger partial charge in [0.15, 0.2) is 12.2 Å². The fraction of sp³-hybridized carbons (Fsp3) is 0.733. The molecule has 0 spiro atoms. The fourth-order valence-electron chi connectivity index (χ4n) is 2.72. The highest BCUT2D eigenvalue weighted by Gasteiger charge is 2.54. The standard InChI is InChI=1S/C15H21NO10/c1-8(17)24-11(12(14(20)21)25-9(2)18)13(26-10(3)19)15(16-22)4-6-23-7-5-15/h11-13H,4-7H2,1-3H3,(H,20,21)/t11-,12+,13?/m1/s1. The first-order valence-electron chi connectivity index (χ1n) is 7.79. The van der Waals surface area contributed by atoms with Crippen LogP contribution in [0.1, 0.15) is 33.6 Å². The average Bonchev–Trinajstić information content (AvgIpc) is 2.55. The van der Waals surface area contributed by atoms with Crippen LogP contribution in [0.4, 0.5) is 0 Å². The van der Waals surface area contributed by atoms with Gasteiger partial charge in [0.2, 0.25) is 6.10 Å². The minimum absolute atomic E-state index is 0.00137. The Balaban J connectivity index is 3.41. The van der Waals surface area contributed by atoms with Crippen molar-refractivity contribution in [2.45, 2.75) is 57.5 Å². The number of carboxylic acid groups (broad SMARTS) is 1. The van der Waals surface area contributed by atoms with E-state index in [0.717, 1.165) is 20.8 Å². The van der Waals surface area contributed by atoms with Gasteiger partial charge in [-0.05, 0) is 0 Å². The van der Waals surface area contributed by atoms with Gasteiger partial charge >= 0.3 is 23.9 Å². The number of nitrogens with zero attached hydrogens (tertiary/aromatic N) is 1. The molecule has 3 atom stereocenters. The van der Waals surface area contributed by atoms with Crippen LogP contribution < -0.4 is 0 Å². The van der Waals surface area contributed by atoms with Gasteiger partial charge in [0.25, 0.3) is 0 Å². The second-order valence-electron chi connectivity index (χ2n) is 5.78. The van der Waals surface area contributed by atoms with E-state index in [0.29, 0.717) is 0 Å². The number of nitroso groups, excluding NO2 is 1. The molecule has 1 fully saturated rings. The number of carboxylic acids is 1. The molecule has 1 aliphatic heterocycles. The summed E-state index contributed by atoms with van der Waals surface area (Å²) in [7, 11) is 0. The fourth-order valence-corrected chi connectivity index (χ4v) is 2.72. The molecule has 0 aromatic heterocycles. The number of aliphatic carboxylic acids is 1. The Kier molecular flexibility index (Phi) is 7.62. The maximum atomic E-state index is 11.6. The van der Waals surface area contributed by atoms with Gasteiger partial charge in [-0.3, -0.25) is 14.4 Å². The van der Waals surface area contributed by atoms with Gasteiger partial charge in [-0.2, -0.15) is 4.91 Å². The van der Waals surface area contributed by atoms with Crippen molar-refractivity contribution in [2.75, 3.05) is 13.2 Å². The molecule has 11 heteroatoms. The topological polar surface area (TPSA) is 155 Å². The zero-order chi connectivity index (χ0) is 19.9. The summed E-state index contributed by atoms with van der Waals surface area (Å²) < 4.78 is 20.0. The van der Waals surface area contributed by atoms with Gasteiger partial charge in [-0.1, -0.05) is 5.18 Å². The molecule has 1 aliphatic rings. The number of carbonyl (C=O) groups excluding carboxylic acids is 3. The van der Waals surface area contributed by atoms with E-state index in [4.69, 9.17) is 18.9 Å². The third-order valence-electron chi connectivity index (χ3n) is 3.80. The van der Waals surface area contributed by atoms with Crippen molar-refractivity contribution in [1.29, 1.82) is 0 Å². The molecule has 0 aromatic rings. The second-order valence-corrected chi connectivity index (χ2v) is 5.78. The highest BCUT2D eigenvalue weighted by molar-refractivity contribution is 5.78. The zero-order valence-corrected chi connectivity index (χ0v) is 14.6. The molecule has 1 heterocycles. The lowest BCUT2D eigenvalue weighted by atomic mass is 9.81. The van der Waals surface area contributed by atoms with Crippen molar-refractivity contribution < 1.29 is 43.2 Å². The summed E-state index contributed by atoms with van der Waals surface area (Å²) in [5.41, 5.74) is -1.60. The van der Waals surface area contributed by atoms with E-state index in [2.05, 4.69) is 5.18 Å². The third-order valence-corrected chi connectivity index (χ3v) is 3.80. The number of hydrogen-bond donors (Lipinski definition) is 1. The number of rotatable bonds is 8. The van der Waals surface area contributed by atoms with E-state index in [1.54, 1.807) is 0 Å². The Bertz CT molecular complexity index is 569. The first kappa shape index (κ1) is 21.5. The van der Waals surface area contributed by atoms with Crippen LogP contribution in [0.15, 0.2) is 5.18 Å². The van der Waals surface area contributed by atoms with Crippen LogP contribution in [0.5, 0.6) is 0 Å². The largest absolute Gasteiger partial charge is 0.478 e. The van der Waals surface area contributed by atoms with Gasteiger partial charge in [0, 0.05) is 46.8 Å². The van der Waals surface area contributed by atoms with Crippen LogP contribution in [-0.4, -0.2) is 66.0 Å². The predicted molar refractivity (Wildman–Crippen MR) is 82.9 cm³/mol. The summed E-state index contributed by atoms with van der Waals surface area (Å²) in [6.45, 7) is 3.19. The highest BCUT2D eigenvalue weighted by atomic mass is 16.6. The molecular weight excluding hydrogens is 354 g/mol. The molecule has 0 radical (unpaired) electrons. The van der Waals surface area contributed by atoms with Gasteiger partial charge in [0.05, 0.1) is 0 Å². The lowest BCUT2D eigenvalue weighted by Crippen LogP contribution is -2.59. The van der Waals surface area contributed by atoms with E-state index in [1.807, 2.05) is 0 Å². The molecule has 146 valence electrons. The number of ether oxygens (including phenoxy) is 4. The van der Waals surface area contributed by atoms with Crippen LogP contribution >= 0.6 is 0 Å². The minimum Gasteiger partial charge on any atom is -0.478 e. The lowest BCUT2D eigenvalue weighted by molar-refractivity contribution is -0.199. The number of hydrogen-bond acceptors (Lipinski definition) is 10. The minimum atomic E-state index is -2.00. The summed E-state index contributed by atoms with van der Waals surface area (Å²) in [5, 5.41) is 12.5. The lowest BCUT2D eigenvalue weighted by Gasteiger charge is -2.40. The summed E-state index contributed by atoms with van der Waals surface area (Å²) in [5.74, 6) is -4.37. The highest BCUT2D eigenvalue weighted by Crippen LogP contribution is 2.35. The average molecular weight is 375 g/mol. The Labute approximate surface area is 148 Å². The summed E-state index contributed by atoms with van der Waals surface area (Å²) in [4.78, 5) is 57.5. The molecule has 0 amide bonds. The first-order valence-corrected chi connectivity index (χ1v) is 7.79. The van der Waals surface area contributed by atoms with Gasteiger partial charge in [0.1, 0.15) is 5.54 Å². The molecule has 0 aliphatic carbocycles. The molecule has 0 bridgehead atoms. The van der Waals surface area contributed by atoms with Crippen LogP contribution in [0, 0.1) is 4.91 Å². The van der Waals surface area contributed by atoms with Gasteiger partial charge in [-0.15, -0.1) is 0 Å². The first-order chi connectivity index (χ1) is 12.1. The van der Waals surface area contributed by atoms with Crippen molar-refractivity contribution in [1.82, 2.24) is 0 Å². The van der Waals surface area contributed by atoms with E-state index in [1.165, 1.54) is 0 Å². The molecule has 1 unspecified atom stereocenters. The normalized spacial score (nSPS) is 19.3. The van der Waals surface area contributed by atoms with E-state index >= 15 is 0 Å². The Morgan fingerprint density at radius 2 is 1.46 bits per heavy atom. The Hall–Kier alpha value is -2.56. The summed E-state index contributed by atoms with van der Waals surface area (Å²) in [6, 6.07) is 0.